The van der Waals surface area contributed by atoms with Crippen molar-refractivity contribution in [1.82, 2.24) is 0 Å². The van der Waals surface area contributed by atoms with Crippen LogP contribution in [0.4, 0.5) is 13.2 Å². The Labute approximate surface area is 208 Å². The summed E-state index contributed by atoms with van der Waals surface area (Å²) < 4.78 is 41.1. The molecule has 5 unspecified atom stereocenters. The van der Waals surface area contributed by atoms with E-state index in [0.717, 1.165) is 30.4 Å². The first-order valence-corrected chi connectivity index (χ1v) is 12.8. The standard InChI is InChI=1S/C31H49F3/c1-20(2)12-13-21(3)22(4)14-15-23(5)26(8)18-30(33)28(10)25(7)17-16-24(6)27(9)19-31(34)29(11)32/h18-25H,8-17H2,1-7H3/b30-18+,31-19+. The zero-order valence-electron chi connectivity index (χ0n) is 22.8. The summed E-state index contributed by atoms with van der Waals surface area (Å²) in [5.74, 6) is -0.299. The Morgan fingerprint density at radius 2 is 0.941 bits per heavy atom. The van der Waals surface area contributed by atoms with Crippen LogP contribution in [-0.2, 0) is 0 Å². The monoisotopic (exact) mass is 478 g/mol. The zero-order chi connectivity index (χ0) is 26.6. The molecule has 0 saturated heterocycles. The van der Waals surface area contributed by atoms with E-state index in [0.29, 0.717) is 35.8 Å². The second kappa shape index (κ2) is 16.0. The Bertz CT molecular complexity index is 753. The van der Waals surface area contributed by atoms with Crippen molar-refractivity contribution in [1.29, 1.82) is 0 Å². The molecule has 194 valence electrons. The lowest BCUT2D eigenvalue weighted by Gasteiger charge is -2.23. The zero-order valence-corrected chi connectivity index (χ0v) is 22.8. The van der Waals surface area contributed by atoms with Crippen LogP contribution in [0, 0.1) is 35.5 Å². The number of hydrogen-bond donors (Lipinski definition) is 0. The third-order valence-corrected chi connectivity index (χ3v) is 7.31. The highest BCUT2D eigenvalue weighted by atomic mass is 19.2. The highest BCUT2D eigenvalue weighted by Crippen LogP contribution is 2.31. The van der Waals surface area contributed by atoms with Gasteiger partial charge in [0.1, 0.15) is 5.83 Å². The van der Waals surface area contributed by atoms with E-state index >= 15 is 0 Å². The molecule has 0 rings (SSSR count). The maximum Gasteiger partial charge on any atom is 0.158 e. The summed E-state index contributed by atoms with van der Waals surface area (Å²) in [6.45, 7) is 29.9. The van der Waals surface area contributed by atoms with Gasteiger partial charge in [-0.3, -0.25) is 0 Å². The molecule has 3 heteroatoms. The average Bonchev–Trinajstić information content (AvgIpc) is 2.77. The van der Waals surface area contributed by atoms with Crippen LogP contribution in [0.3, 0.4) is 0 Å². The molecule has 0 heterocycles. The van der Waals surface area contributed by atoms with Gasteiger partial charge in [-0.2, -0.15) is 0 Å². The summed E-state index contributed by atoms with van der Waals surface area (Å²) in [5.41, 5.74) is 1.72. The van der Waals surface area contributed by atoms with Crippen molar-refractivity contribution in [2.45, 2.75) is 87.0 Å². The highest BCUT2D eigenvalue weighted by Gasteiger charge is 2.18. The van der Waals surface area contributed by atoms with Gasteiger partial charge in [0.2, 0.25) is 0 Å². The minimum Gasteiger partial charge on any atom is -0.207 e. The minimum atomic E-state index is -1.10. The van der Waals surface area contributed by atoms with Crippen molar-refractivity contribution in [3.63, 3.8) is 0 Å². The molecule has 0 aliphatic rings. The Balaban J connectivity index is 4.71. The van der Waals surface area contributed by atoms with Crippen LogP contribution in [0.1, 0.15) is 87.0 Å². The molecule has 0 N–H and O–H groups in total. The Hall–Kier alpha value is -1.77. The molecule has 0 aromatic rings. The maximum absolute atomic E-state index is 14.9. The summed E-state index contributed by atoms with van der Waals surface area (Å²) in [6.07, 6.45) is 8.55. The van der Waals surface area contributed by atoms with Gasteiger partial charge in [-0.1, -0.05) is 87.6 Å². The van der Waals surface area contributed by atoms with Gasteiger partial charge < -0.3 is 0 Å². The normalized spacial score (nSPS) is 17.1. The molecule has 0 bridgehead atoms. The van der Waals surface area contributed by atoms with Gasteiger partial charge in [-0.05, 0) is 90.1 Å². The van der Waals surface area contributed by atoms with Crippen molar-refractivity contribution < 1.29 is 13.2 Å². The van der Waals surface area contributed by atoms with Gasteiger partial charge in [0.05, 0.1) is 0 Å². The lowest BCUT2D eigenvalue weighted by molar-refractivity contribution is 0.306. The van der Waals surface area contributed by atoms with E-state index in [4.69, 9.17) is 0 Å². The van der Waals surface area contributed by atoms with Crippen LogP contribution in [0.2, 0.25) is 0 Å². The average molecular weight is 479 g/mol. The van der Waals surface area contributed by atoms with E-state index in [2.05, 4.69) is 60.9 Å². The van der Waals surface area contributed by atoms with Crippen LogP contribution in [-0.4, -0.2) is 0 Å². The minimum absolute atomic E-state index is 0.0627. The van der Waals surface area contributed by atoms with Crippen LogP contribution in [0.5, 0.6) is 0 Å². The lowest BCUT2D eigenvalue weighted by atomic mass is 9.83. The second-order valence-electron chi connectivity index (χ2n) is 10.8. The first kappa shape index (κ1) is 32.2. The number of hydrogen-bond acceptors (Lipinski definition) is 0. The van der Waals surface area contributed by atoms with Gasteiger partial charge >= 0.3 is 0 Å². The molecule has 0 spiro atoms. The quantitative estimate of drug-likeness (QED) is 0.182. The first-order valence-electron chi connectivity index (χ1n) is 12.8. The second-order valence-corrected chi connectivity index (χ2v) is 10.8. The fourth-order valence-electron chi connectivity index (χ4n) is 3.74. The summed E-state index contributed by atoms with van der Waals surface area (Å²) in [6, 6.07) is 0. The van der Waals surface area contributed by atoms with E-state index < -0.39 is 11.7 Å². The molecular weight excluding hydrogens is 429 g/mol. The number of halogens is 3. The Morgan fingerprint density at radius 1 is 0.559 bits per heavy atom. The third kappa shape index (κ3) is 12.6. The molecule has 0 aromatic carbocycles. The molecular formula is C31H49F3. The lowest BCUT2D eigenvalue weighted by Crippen LogP contribution is -2.11. The molecule has 0 aromatic heterocycles. The Kier molecular flexibility index (Phi) is 15.2. The third-order valence-electron chi connectivity index (χ3n) is 7.31. The summed E-state index contributed by atoms with van der Waals surface area (Å²) in [5, 5.41) is 0. The van der Waals surface area contributed by atoms with E-state index in [9.17, 15) is 13.2 Å². The fraction of sp³-hybridized carbons (Fsp3) is 0.613. The number of allylic oxidation sites excluding steroid dienone is 8. The van der Waals surface area contributed by atoms with E-state index in [1.54, 1.807) is 0 Å². The van der Waals surface area contributed by atoms with Crippen molar-refractivity contribution in [2.24, 2.45) is 35.5 Å². The van der Waals surface area contributed by atoms with Crippen LogP contribution < -0.4 is 0 Å². The maximum atomic E-state index is 14.9. The van der Waals surface area contributed by atoms with Crippen LogP contribution in [0.15, 0.2) is 72.7 Å². The summed E-state index contributed by atoms with van der Waals surface area (Å²) in [4.78, 5) is 0. The van der Waals surface area contributed by atoms with E-state index in [1.165, 1.54) is 18.9 Å². The van der Waals surface area contributed by atoms with Gasteiger partial charge in [0, 0.05) is 0 Å². The van der Waals surface area contributed by atoms with Gasteiger partial charge in [-0.25, -0.2) is 13.2 Å². The van der Waals surface area contributed by atoms with Gasteiger partial charge in [-0.15, -0.1) is 0 Å². The summed E-state index contributed by atoms with van der Waals surface area (Å²) in [7, 11) is 0. The fourth-order valence-corrected chi connectivity index (χ4v) is 3.74. The molecule has 0 aliphatic heterocycles. The molecule has 5 atom stereocenters. The van der Waals surface area contributed by atoms with Crippen LogP contribution in [0.25, 0.3) is 0 Å². The van der Waals surface area contributed by atoms with Crippen molar-refractivity contribution in [3.8, 4) is 0 Å². The van der Waals surface area contributed by atoms with Gasteiger partial charge in [0.25, 0.3) is 0 Å². The van der Waals surface area contributed by atoms with Gasteiger partial charge in [0.15, 0.2) is 11.7 Å². The molecule has 0 saturated carbocycles. The van der Waals surface area contributed by atoms with Crippen LogP contribution >= 0.6 is 0 Å². The molecule has 0 amide bonds. The largest absolute Gasteiger partial charge is 0.207 e. The van der Waals surface area contributed by atoms with Crippen molar-refractivity contribution in [2.75, 3.05) is 0 Å². The van der Waals surface area contributed by atoms with Crippen molar-refractivity contribution in [3.05, 3.63) is 72.7 Å². The van der Waals surface area contributed by atoms with E-state index in [1.807, 2.05) is 13.8 Å². The highest BCUT2D eigenvalue weighted by molar-refractivity contribution is 5.32. The number of rotatable bonds is 17. The van der Waals surface area contributed by atoms with Crippen molar-refractivity contribution >= 4 is 0 Å². The SMILES string of the molecule is C=C(F)/C(F)=C\C(=C)C(C)CCC(C)C(=C)/C(F)=C\C(=C)C(C)CCC(C)C(C)CCC(C)C. The molecule has 0 nitrogen and oxygen atoms in total. The molecule has 34 heavy (non-hydrogen) atoms. The smallest absolute Gasteiger partial charge is 0.158 e. The molecule has 0 radical (unpaired) electrons. The summed E-state index contributed by atoms with van der Waals surface area (Å²) >= 11 is 0. The van der Waals surface area contributed by atoms with E-state index in [-0.39, 0.29) is 23.6 Å². The topological polar surface area (TPSA) is 0 Å². The molecule has 0 aliphatic carbocycles. The molecule has 0 fully saturated rings. The predicted molar refractivity (Wildman–Crippen MR) is 144 cm³/mol. The Morgan fingerprint density at radius 3 is 1.38 bits per heavy atom. The predicted octanol–water partition coefficient (Wildman–Crippen LogP) is 11.0. The first-order chi connectivity index (χ1) is 15.7.